The second-order valence-corrected chi connectivity index (χ2v) is 24.8. The van der Waals surface area contributed by atoms with E-state index in [-0.39, 0.29) is 0 Å². The molecular weight excluding hydrogens is 745 g/mol. The van der Waals surface area contributed by atoms with E-state index in [0.717, 1.165) is 71.0 Å². The van der Waals surface area contributed by atoms with E-state index in [0.29, 0.717) is 10.8 Å². The standard InChI is InChI=1S/3C8H18.3C7H16.2C6H14.C5H12/c1-7(2)6-8(3,4)5;1-6-8(4,5)7(2)3;1-5-8(6-2)7(3)4;1-6(2)5-7(3)4;1-5-7(4)6(2)3;1-4-5-6-7(2)3;2*1-4-5-6(2)3;1-4-5(2)3/h2*7H,6H2,1-5H3;7-8H,5-6H2,1-4H3;2*6-7H,5H2,1-4H3;7H,4-6H2,1-3H3;2*6H,4-5H2,1-3H3;5H,4H2,1-3H3. The Morgan fingerprint density at radius 2 is 0.677 bits per heavy atom. The van der Waals surface area contributed by atoms with E-state index in [1.165, 1.54) is 89.9 Å². The molecule has 1 atom stereocenters. The maximum atomic E-state index is 2.32. The molecule has 0 heteroatoms. The molecule has 0 aromatic carbocycles. The highest BCUT2D eigenvalue weighted by molar-refractivity contribution is 4.69. The highest BCUT2D eigenvalue weighted by Crippen LogP contribution is 2.29. The first-order chi connectivity index (χ1) is 28.0. The molecule has 0 aromatic rings. The summed E-state index contributed by atoms with van der Waals surface area (Å²) in [7, 11) is 0. The lowest BCUT2D eigenvalue weighted by Gasteiger charge is -2.27. The largest absolute Gasteiger partial charge is 0.0654 e. The summed E-state index contributed by atoms with van der Waals surface area (Å²) in [5.74, 6) is 10.6. The van der Waals surface area contributed by atoms with Crippen LogP contribution in [-0.4, -0.2) is 0 Å². The van der Waals surface area contributed by atoms with Crippen molar-refractivity contribution in [3.63, 3.8) is 0 Å². The van der Waals surface area contributed by atoms with Crippen molar-refractivity contribution in [2.75, 3.05) is 0 Å². The molecule has 0 aromatic heterocycles. The summed E-state index contributed by atoms with van der Waals surface area (Å²) in [4.78, 5) is 0. The molecule has 0 N–H and O–H groups in total. The van der Waals surface area contributed by atoms with Crippen molar-refractivity contribution >= 4 is 0 Å². The molecule has 0 aliphatic rings. The third kappa shape index (κ3) is 108. The lowest BCUT2D eigenvalue weighted by molar-refractivity contribution is 0.240. The molecule has 0 fully saturated rings. The lowest BCUT2D eigenvalue weighted by atomic mass is 9.79. The van der Waals surface area contributed by atoms with Crippen molar-refractivity contribution in [2.24, 2.45) is 81.8 Å². The Morgan fingerprint density at radius 1 is 0.339 bits per heavy atom. The van der Waals surface area contributed by atoms with Gasteiger partial charge in [0.15, 0.2) is 0 Å². The van der Waals surface area contributed by atoms with Crippen LogP contribution in [0.3, 0.4) is 0 Å². The maximum Gasteiger partial charge on any atom is -0.0334 e. The Labute approximate surface area is 405 Å². The molecule has 0 aliphatic carbocycles. The maximum absolute atomic E-state index is 2.32. The fourth-order valence-corrected chi connectivity index (χ4v) is 6.05. The molecule has 0 aliphatic heterocycles. The van der Waals surface area contributed by atoms with Gasteiger partial charge in [0.05, 0.1) is 0 Å². The quantitative estimate of drug-likeness (QED) is 0.129. The number of rotatable bonds is 18. The molecule has 0 radical (unpaired) electrons. The lowest BCUT2D eigenvalue weighted by Crippen LogP contribution is -2.17. The van der Waals surface area contributed by atoms with Gasteiger partial charge in [0.1, 0.15) is 0 Å². The van der Waals surface area contributed by atoms with Crippen molar-refractivity contribution in [2.45, 2.75) is 325 Å². The first kappa shape index (κ1) is 82.1. The van der Waals surface area contributed by atoms with Gasteiger partial charge in [0, 0.05) is 0 Å². The fraction of sp³-hybridized carbons (Fsp3) is 1.00. The highest BCUT2D eigenvalue weighted by Gasteiger charge is 2.18. The summed E-state index contributed by atoms with van der Waals surface area (Å²) in [5, 5.41) is 0. The minimum Gasteiger partial charge on any atom is -0.0654 e. The summed E-state index contributed by atoms with van der Waals surface area (Å²) >= 11 is 0. The number of hydrogen-bond acceptors (Lipinski definition) is 0. The Kier molecular flexibility index (Phi) is 75.7. The summed E-state index contributed by atoms with van der Waals surface area (Å²) in [5.41, 5.74) is 1.06. The van der Waals surface area contributed by atoms with E-state index in [1.54, 1.807) is 0 Å². The molecule has 0 amide bonds. The minimum absolute atomic E-state index is 0.522. The topological polar surface area (TPSA) is 0 Å². The Hall–Kier alpha value is 0. The average molecular weight is 888 g/mol. The van der Waals surface area contributed by atoms with Crippen molar-refractivity contribution in [3.8, 4) is 0 Å². The van der Waals surface area contributed by atoms with Crippen LogP contribution in [0.4, 0.5) is 0 Å². The van der Waals surface area contributed by atoms with Gasteiger partial charge in [-0.1, -0.05) is 312 Å². The van der Waals surface area contributed by atoms with Crippen LogP contribution in [0.2, 0.25) is 0 Å². The Morgan fingerprint density at radius 3 is 0.694 bits per heavy atom. The molecule has 0 saturated heterocycles. The molecule has 390 valence electrons. The molecule has 62 heavy (non-hydrogen) atoms. The van der Waals surface area contributed by atoms with Gasteiger partial charge in [-0.25, -0.2) is 0 Å². The minimum atomic E-state index is 0.522. The summed E-state index contributed by atoms with van der Waals surface area (Å²) in [6.07, 6.45) is 18.8. The molecule has 0 heterocycles. The molecule has 0 bridgehead atoms. The highest BCUT2D eigenvalue weighted by atomic mass is 14.2. The van der Waals surface area contributed by atoms with E-state index in [9.17, 15) is 0 Å². The van der Waals surface area contributed by atoms with Crippen molar-refractivity contribution in [3.05, 3.63) is 0 Å². The molecular formula is C62H142. The van der Waals surface area contributed by atoms with Crippen LogP contribution in [0.25, 0.3) is 0 Å². The van der Waals surface area contributed by atoms with Gasteiger partial charge < -0.3 is 0 Å². The smallest absolute Gasteiger partial charge is 0.0334 e. The van der Waals surface area contributed by atoms with Gasteiger partial charge in [0.25, 0.3) is 0 Å². The van der Waals surface area contributed by atoms with E-state index < -0.39 is 0 Å². The van der Waals surface area contributed by atoms with Gasteiger partial charge in [-0.2, -0.15) is 0 Å². The third-order valence-corrected chi connectivity index (χ3v) is 11.9. The van der Waals surface area contributed by atoms with Gasteiger partial charge in [0.2, 0.25) is 0 Å². The van der Waals surface area contributed by atoms with Crippen LogP contribution in [0.5, 0.6) is 0 Å². The Bertz CT molecular complexity index is 685. The van der Waals surface area contributed by atoms with Crippen LogP contribution in [0.1, 0.15) is 325 Å². The predicted octanol–water partition coefficient (Wildman–Crippen LogP) is 24.4. The molecule has 0 nitrogen and oxygen atoms in total. The predicted molar refractivity (Wildman–Crippen MR) is 304 cm³/mol. The number of hydrogen-bond donors (Lipinski definition) is 0. The summed E-state index contributed by atoms with van der Waals surface area (Å²) in [6, 6.07) is 0. The average Bonchev–Trinajstić information content (AvgIpc) is 3.11. The van der Waals surface area contributed by atoms with Gasteiger partial charge in [-0.3, -0.25) is 0 Å². The second-order valence-electron chi connectivity index (χ2n) is 24.8. The van der Waals surface area contributed by atoms with Crippen molar-refractivity contribution < 1.29 is 0 Å². The van der Waals surface area contributed by atoms with Gasteiger partial charge in [-0.05, 0) is 94.7 Å². The van der Waals surface area contributed by atoms with E-state index in [4.69, 9.17) is 0 Å². The van der Waals surface area contributed by atoms with Crippen LogP contribution < -0.4 is 0 Å². The molecule has 0 saturated carbocycles. The zero-order valence-electron chi connectivity index (χ0n) is 51.8. The molecule has 0 spiro atoms. The summed E-state index contributed by atoms with van der Waals surface area (Å²) in [6.45, 7) is 77.0. The first-order valence-electron chi connectivity index (χ1n) is 28.0. The van der Waals surface area contributed by atoms with Crippen molar-refractivity contribution in [1.29, 1.82) is 0 Å². The van der Waals surface area contributed by atoms with E-state index in [1.807, 2.05) is 0 Å². The monoisotopic (exact) mass is 887 g/mol. The van der Waals surface area contributed by atoms with Gasteiger partial charge in [-0.15, -0.1) is 0 Å². The molecule has 0 rings (SSSR count). The summed E-state index contributed by atoms with van der Waals surface area (Å²) < 4.78 is 0. The first-order valence-corrected chi connectivity index (χ1v) is 28.0. The zero-order chi connectivity index (χ0) is 51.8. The SMILES string of the molecule is CC(C)CC(C)(C)C.CC(C)CC(C)C.CCC(C)(C)C(C)C.CCC(C)C.CCC(C)C(C)C.CCC(CC)C(C)C.CCCC(C)C.CCCC(C)C.CCCCC(C)C. The van der Waals surface area contributed by atoms with E-state index in [2.05, 4.69) is 235 Å². The van der Waals surface area contributed by atoms with Crippen molar-refractivity contribution in [1.82, 2.24) is 0 Å². The normalized spacial score (nSPS) is 11.6. The van der Waals surface area contributed by atoms with Crippen LogP contribution in [-0.2, 0) is 0 Å². The Balaban J connectivity index is -0.0000000731. The van der Waals surface area contributed by atoms with Crippen LogP contribution in [0, 0.1) is 81.8 Å². The second kappa shape index (κ2) is 57.1. The van der Waals surface area contributed by atoms with E-state index >= 15 is 0 Å². The van der Waals surface area contributed by atoms with Crippen LogP contribution >= 0.6 is 0 Å². The molecule has 1 unspecified atom stereocenters. The van der Waals surface area contributed by atoms with Gasteiger partial charge >= 0.3 is 0 Å². The number of unbranched alkanes of at least 4 members (excludes halogenated alkanes) is 1. The third-order valence-electron chi connectivity index (χ3n) is 11.9. The zero-order valence-corrected chi connectivity index (χ0v) is 51.8. The van der Waals surface area contributed by atoms with Crippen LogP contribution in [0.15, 0.2) is 0 Å². The fourth-order valence-electron chi connectivity index (χ4n) is 6.05.